The van der Waals surface area contributed by atoms with E-state index in [0.717, 1.165) is 39.8 Å². The lowest BCUT2D eigenvalue weighted by Gasteiger charge is -2.02. The zero-order valence-corrected chi connectivity index (χ0v) is 11.7. The Hall–Kier alpha value is -1.62. The van der Waals surface area contributed by atoms with Crippen LogP contribution in [-0.4, -0.2) is 17.3 Å². The number of benzene rings is 1. The van der Waals surface area contributed by atoms with Crippen LogP contribution in [0.5, 0.6) is 5.75 Å². The summed E-state index contributed by atoms with van der Waals surface area (Å²) in [6, 6.07) is 5.96. The zero-order valence-electron chi connectivity index (χ0n) is 10.9. The summed E-state index contributed by atoms with van der Waals surface area (Å²) >= 11 is 1.58. The number of ether oxygens (including phenoxy) is 1. The quantitative estimate of drug-likeness (QED) is 0.657. The van der Waals surface area contributed by atoms with Crippen LogP contribution in [0.15, 0.2) is 23.3 Å². The predicted octanol–water partition coefficient (Wildman–Crippen LogP) is 3.89. The van der Waals surface area contributed by atoms with Crippen LogP contribution < -0.4 is 10.2 Å². The Labute approximate surface area is 111 Å². The molecule has 0 unspecified atom stereocenters. The van der Waals surface area contributed by atoms with E-state index in [-0.39, 0.29) is 0 Å². The molecule has 0 fully saturated rings. The fourth-order valence-corrected chi connectivity index (χ4v) is 2.26. The van der Waals surface area contributed by atoms with Crippen molar-refractivity contribution in [2.75, 3.05) is 12.0 Å². The summed E-state index contributed by atoms with van der Waals surface area (Å²) in [6.07, 6.45) is 1.01. The van der Waals surface area contributed by atoms with Crippen LogP contribution in [-0.2, 0) is 0 Å². The molecule has 1 aromatic carbocycles. The zero-order chi connectivity index (χ0) is 13.0. The van der Waals surface area contributed by atoms with Crippen molar-refractivity contribution >= 4 is 32.4 Å². The molecule has 0 radical (unpaired) electrons. The number of nitrogens with one attached hydrogen (secondary N) is 1. The van der Waals surface area contributed by atoms with Gasteiger partial charge in [0.1, 0.15) is 5.75 Å². The first-order valence-corrected chi connectivity index (χ1v) is 6.81. The Kier molecular flexibility index (Phi) is 4.15. The molecule has 0 spiro atoms. The highest BCUT2D eigenvalue weighted by Gasteiger charge is 2.04. The molecule has 1 aromatic heterocycles. The van der Waals surface area contributed by atoms with Crippen molar-refractivity contribution in [3.63, 3.8) is 0 Å². The molecule has 96 valence electrons. The predicted molar refractivity (Wildman–Crippen MR) is 77.8 cm³/mol. The maximum Gasteiger partial charge on any atom is 0.204 e. The van der Waals surface area contributed by atoms with Gasteiger partial charge in [-0.1, -0.05) is 18.3 Å². The van der Waals surface area contributed by atoms with E-state index in [1.54, 1.807) is 11.3 Å². The van der Waals surface area contributed by atoms with Gasteiger partial charge in [0.25, 0.3) is 0 Å². The summed E-state index contributed by atoms with van der Waals surface area (Å²) in [7, 11) is 0. The van der Waals surface area contributed by atoms with Crippen molar-refractivity contribution in [3.8, 4) is 5.75 Å². The number of rotatable bonds is 5. The van der Waals surface area contributed by atoms with Gasteiger partial charge in [0.2, 0.25) is 5.13 Å². The molecule has 2 aromatic rings. The van der Waals surface area contributed by atoms with E-state index >= 15 is 0 Å². The van der Waals surface area contributed by atoms with Gasteiger partial charge in [-0.15, -0.1) is 0 Å². The molecule has 0 saturated carbocycles. The lowest BCUT2D eigenvalue weighted by molar-refractivity contribution is 0.318. The first-order valence-electron chi connectivity index (χ1n) is 5.99. The van der Waals surface area contributed by atoms with Gasteiger partial charge in [-0.2, -0.15) is 5.10 Å². The molecule has 1 N–H and O–H groups in total. The Morgan fingerprint density at radius 1 is 1.44 bits per heavy atom. The topological polar surface area (TPSA) is 46.5 Å². The first-order chi connectivity index (χ1) is 8.69. The number of nitrogens with zero attached hydrogens (tertiary/aromatic N) is 2. The van der Waals surface area contributed by atoms with Crippen molar-refractivity contribution < 1.29 is 4.74 Å². The van der Waals surface area contributed by atoms with Gasteiger partial charge in [0.05, 0.1) is 16.8 Å². The van der Waals surface area contributed by atoms with Crippen LogP contribution >= 0.6 is 11.3 Å². The number of hydrazone groups is 1. The molecule has 0 atom stereocenters. The van der Waals surface area contributed by atoms with E-state index in [1.165, 1.54) is 0 Å². The van der Waals surface area contributed by atoms with Gasteiger partial charge >= 0.3 is 0 Å². The number of thiazole rings is 1. The third-order valence-electron chi connectivity index (χ3n) is 2.21. The first kappa shape index (κ1) is 12.8. The Morgan fingerprint density at radius 3 is 3.00 bits per heavy atom. The minimum absolute atomic E-state index is 0.745. The van der Waals surface area contributed by atoms with Crippen LogP contribution in [0.4, 0.5) is 5.13 Å². The van der Waals surface area contributed by atoms with E-state index in [9.17, 15) is 0 Å². The standard InChI is InChI=1S/C13H17N3OS/c1-4-7-17-10-5-6-11-12(8-10)18-13(14-11)16-15-9(2)3/h5-6,8H,4,7H2,1-3H3,(H,14,16). The second-order valence-electron chi connectivity index (χ2n) is 4.17. The number of hydrogen-bond acceptors (Lipinski definition) is 5. The molecule has 0 aliphatic heterocycles. The fraction of sp³-hybridized carbons (Fsp3) is 0.385. The lowest BCUT2D eigenvalue weighted by Crippen LogP contribution is -1.94. The van der Waals surface area contributed by atoms with Crippen molar-refractivity contribution in [1.82, 2.24) is 4.98 Å². The Balaban J connectivity index is 2.19. The number of hydrogen-bond donors (Lipinski definition) is 1. The molecular weight excluding hydrogens is 246 g/mol. The van der Waals surface area contributed by atoms with E-state index in [1.807, 2.05) is 32.0 Å². The second kappa shape index (κ2) is 5.82. The molecule has 0 aliphatic carbocycles. The third kappa shape index (κ3) is 3.20. The highest BCUT2D eigenvalue weighted by Crippen LogP contribution is 2.29. The monoisotopic (exact) mass is 263 g/mol. The van der Waals surface area contributed by atoms with Crippen LogP contribution in [0.25, 0.3) is 10.2 Å². The van der Waals surface area contributed by atoms with Crippen LogP contribution in [0, 0.1) is 0 Å². The molecule has 0 saturated heterocycles. The smallest absolute Gasteiger partial charge is 0.204 e. The summed E-state index contributed by atoms with van der Waals surface area (Å²) in [4.78, 5) is 4.45. The van der Waals surface area contributed by atoms with Crippen molar-refractivity contribution in [3.05, 3.63) is 18.2 Å². The highest BCUT2D eigenvalue weighted by molar-refractivity contribution is 7.22. The van der Waals surface area contributed by atoms with Crippen LogP contribution in [0.2, 0.25) is 0 Å². The van der Waals surface area contributed by atoms with Crippen molar-refractivity contribution in [2.45, 2.75) is 27.2 Å². The highest BCUT2D eigenvalue weighted by atomic mass is 32.1. The van der Waals surface area contributed by atoms with E-state index in [2.05, 4.69) is 22.4 Å². The largest absolute Gasteiger partial charge is 0.494 e. The normalized spacial score (nSPS) is 10.4. The molecular formula is C13H17N3OS. The average molecular weight is 263 g/mol. The van der Waals surface area contributed by atoms with Gasteiger partial charge in [-0.3, -0.25) is 5.43 Å². The molecule has 0 bridgehead atoms. The third-order valence-corrected chi connectivity index (χ3v) is 3.13. The Morgan fingerprint density at radius 2 is 2.28 bits per heavy atom. The van der Waals surface area contributed by atoms with Gasteiger partial charge in [-0.05, 0) is 38.5 Å². The van der Waals surface area contributed by atoms with Crippen LogP contribution in [0.3, 0.4) is 0 Å². The number of fused-ring (bicyclic) bond motifs is 1. The SMILES string of the molecule is CCCOc1ccc2nc(NN=C(C)C)sc2c1. The molecule has 5 heteroatoms. The molecule has 18 heavy (non-hydrogen) atoms. The van der Waals surface area contributed by atoms with Crippen molar-refractivity contribution in [2.24, 2.45) is 5.10 Å². The second-order valence-corrected chi connectivity index (χ2v) is 5.20. The number of anilines is 1. The number of aromatic nitrogens is 1. The summed E-state index contributed by atoms with van der Waals surface area (Å²) in [5, 5.41) is 4.95. The summed E-state index contributed by atoms with van der Waals surface area (Å²) in [5.41, 5.74) is 4.89. The maximum absolute atomic E-state index is 5.60. The summed E-state index contributed by atoms with van der Waals surface area (Å²) in [5.74, 6) is 0.898. The summed E-state index contributed by atoms with van der Waals surface area (Å²) in [6.45, 7) is 6.72. The minimum atomic E-state index is 0.745. The van der Waals surface area contributed by atoms with E-state index in [4.69, 9.17) is 4.74 Å². The molecule has 4 nitrogen and oxygen atoms in total. The van der Waals surface area contributed by atoms with Gasteiger partial charge < -0.3 is 4.74 Å². The molecule has 0 amide bonds. The molecule has 2 rings (SSSR count). The van der Waals surface area contributed by atoms with E-state index < -0.39 is 0 Å². The average Bonchev–Trinajstić information content (AvgIpc) is 2.75. The lowest BCUT2D eigenvalue weighted by atomic mass is 10.3. The molecule has 0 aliphatic rings. The fourth-order valence-electron chi connectivity index (χ4n) is 1.42. The minimum Gasteiger partial charge on any atom is -0.494 e. The van der Waals surface area contributed by atoms with Gasteiger partial charge in [-0.25, -0.2) is 4.98 Å². The summed E-state index contributed by atoms with van der Waals surface area (Å²) < 4.78 is 6.71. The van der Waals surface area contributed by atoms with Gasteiger partial charge in [0.15, 0.2) is 0 Å². The van der Waals surface area contributed by atoms with Gasteiger partial charge in [0, 0.05) is 5.71 Å². The maximum atomic E-state index is 5.60. The van der Waals surface area contributed by atoms with Crippen LogP contribution in [0.1, 0.15) is 27.2 Å². The molecule has 1 heterocycles. The van der Waals surface area contributed by atoms with E-state index in [0.29, 0.717) is 0 Å². The van der Waals surface area contributed by atoms with Crippen molar-refractivity contribution in [1.29, 1.82) is 0 Å². The Bertz CT molecular complexity index is 558.